The van der Waals surface area contributed by atoms with Gasteiger partial charge in [-0.2, -0.15) is 0 Å². The number of methoxy groups -OCH3 is 1. The zero-order valence-corrected chi connectivity index (χ0v) is 24.2. The van der Waals surface area contributed by atoms with Crippen molar-refractivity contribution in [2.75, 3.05) is 24.4 Å². The van der Waals surface area contributed by atoms with Gasteiger partial charge in [0.1, 0.15) is 0 Å². The maximum atomic E-state index is 14.2. The van der Waals surface area contributed by atoms with Crippen molar-refractivity contribution in [2.45, 2.75) is 45.2 Å². The Morgan fingerprint density at radius 1 is 0.810 bits per heavy atom. The fraction of sp³-hybridized carbons (Fsp3) is 0.250. The Morgan fingerprint density at radius 3 is 2.38 bits per heavy atom. The number of allylic oxidation sites excluding steroid dienone is 1. The molecule has 7 rings (SSSR count). The Balaban J connectivity index is 1.34. The molecule has 1 aliphatic heterocycles. The Labute approximate surface area is 245 Å². The molecular formula is C36H35N3O3. The number of Topliss-reactive ketones (excluding diaryl/α,β-unsaturated/α-hetero) is 1. The average molecular weight is 558 g/mol. The van der Waals surface area contributed by atoms with E-state index in [0.29, 0.717) is 18.8 Å². The lowest BCUT2D eigenvalue weighted by molar-refractivity contribution is -0.116. The summed E-state index contributed by atoms with van der Waals surface area (Å²) in [5, 5.41) is 9.86. The van der Waals surface area contributed by atoms with Gasteiger partial charge in [0.15, 0.2) is 17.3 Å². The van der Waals surface area contributed by atoms with E-state index >= 15 is 0 Å². The minimum absolute atomic E-state index is 0.0317. The van der Waals surface area contributed by atoms with Crippen molar-refractivity contribution in [1.82, 2.24) is 4.57 Å². The summed E-state index contributed by atoms with van der Waals surface area (Å²) in [5.41, 5.74) is 8.36. The largest absolute Gasteiger partial charge is 0.493 e. The van der Waals surface area contributed by atoms with Gasteiger partial charge in [-0.3, -0.25) is 4.79 Å². The molecule has 1 aromatic heterocycles. The molecule has 4 aromatic carbocycles. The first-order chi connectivity index (χ1) is 20.6. The summed E-state index contributed by atoms with van der Waals surface area (Å²) in [7, 11) is 1.66. The second kappa shape index (κ2) is 10.6. The summed E-state index contributed by atoms with van der Waals surface area (Å²) in [6, 6.07) is 29.2. The molecule has 0 fully saturated rings. The molecule has 6 heteroatoms. The van der Waals surface area contributed by atoms with Gasteiger partial charge < -0.3 is 24.7 Å². The van der Waals surface area contributed by atoms with E-state index in [1.165, 1.54) is 21.8 Å². The number of para-hydroxylation sites is 3. The number of hydrogen-bond donors (Lipinski definition) is 2. The number of hydrogen-bond acceptors (Lipinski definition) is 5. The van der Waals surface area contributed by atoms with Gasteiger partial charge in [-0.25, -0.2) is 0 Å². The molecule has 5 aromatic rings. The quantitative estimate of drug-likeness (QED) is 0.220. The van der Waals surface area contributed by atoms with Crippen LogP contribution in [0.5, 0.6) is 11.5 Å². The highest BCUT2D eigenvalue weighted by Crippen LogP contribution is 2.46. The van der Waals surface area contributed by atoms with E-state index in [-0.39, 0.29) is 17.7 Å². The lowest BCUT2D eigenvalue weighted by Gasteiger charge is -2.30. The second-order valence-electron chi connectivity index (χ2n) is 11.0. The summed E-state index contributed by atoms with van der Waals surface area (Å²) in [5.74, 6) is 1.60. The molecule has 2 unspecified atom stereocenters. The summed E-state index contributed by atoms with van der Waals surface area (Å²) in [6.07, 6.45) is 1.16. The molecule has 42 heavy (non-hydrogen) atoms. The number of nitrogens with one attached hydrogen (secondary N) is 2. The van der Waals surface area contributed by atoms with E-state index in [1.807, 2.05) is 31.2 Å². The van der Waals surface area contributed by atoms with Gasteiger partial charge >= 0.3 is 0 Å². The topological polar surface area (TPSA) is 64.5 Å². The number of carbonyl (C=O) groups is 1. The third-order valence-corrected chi connectivity index (χ3v) is 8.71. The van der Waals surface area contributed by atoms with Crippen LogP contribution in [0.4, 0.5) is 11.4 Å². The zero-order valence-electron chi connectivity index (χ0n) is 24.2. The summed E-state index contributed by atoms with van der Waals surface area (Å²) < 4.78 is 13.7. The summed E-state index contributed by atoms with van der Waals surface area (Å²) in [6.45, 7) is 5.61. The van der Waals surface area contributed by atoms with Crippen LogP contribution >= 0.6 is 0 Å². The van der Waals surface area contributed by atoms with Crippen molar-refractivity contribution in [3.8, 4) is 11.5 Å². The first-order valence-corrected chi connectivity index (χ1v) is 14.8. The van der Waals surface area contributed by atoms with E-state index in [9.17, 15) is 4.79 Å². The molecule has 2 atom stereocenters. The van der Waals surface area contributed by atoms with Crippen molar-refractivity contribution < 1.29 is 14.3 Å². The first-order valence-electron chi connectivity index (χ1n) is 14.8. The Bertz CT molecular complexity index is 1870. The van der Waals surface area contributed by atoms with Crippen LogP contribution in [0.2, 0.25) is 0 Å². The van der Waals surface area contributed by atoms with Gasteiger partial charge in [-0.05, 0) is 79.8 Å². The molecule has 0 bridgehead atoms. The van der Waals surface area contributed by atoms with Gasteiger partial charge in [0, 0.05) is 46.0 Å². The van der Waals surface area contributed by atoms with E-state index in [1.54, 1.807) is 7.11 Å². The van der Waals surface area contributed by atoms with Gasteiger partial charge in [-0.1, -0.05) is 42.5 Å². The molecule has 6 nitrogen and oxygen atoms in total. The van der Waals surface area contributed by atoms with Crippen molar-refractivity contribution in [3.63, 3.8) is 0 Å². The van der Waals surface area contributed by atoms with Gasteiger partial charge in [0.2, 0.25) is 0 Å². The van der Waals surface area contributed by atoms with Crippen molar-refractivity contribution in [3.05, 3.63) is 107 Å². The first kappa shape index (κ1) is 26.2. The van der Waals surface area contributed by atoms with E-state index in [2.05, 4.69) is 82.8 Å². The summed E-state index contributed by atoms with van der Waals surface area (Å²) in [4.78, 5) is 14.2. The van der Waals surface area contributed by atoms with E-state index in [0.717, 1.165) is 52.5 Å². The van der Waals surface area contributed by atoms with Crippen molar-refractivity contribution in [2.24, 2.45) is 0 Å². The number of aromatic nitrogens is 1. The number of ether oxygens (including phenoxy) is 2. The van der Waals surface area contributed by atoms with Crippen LogP contribution in [-0.2, 0) is 11.3 Å². The van der Waals surface area contributed by atoms with Crippen molar-refractivity contribution >= 4 is 39.0 Å². The monoisotopic (exact) mass is 557 g/mol. The third kappa shape index (κ3) is 4.30. The molecule has 0 amide bonds. The van der Waals surface area contributed by atoms with E-state index in [4.69, 9.17) is 9.47 Å². The molecule has 212 valence electrons. The molecule has 0 saturated carbocycles. The standard InChI is InChI=1S/C36H35N3O3/c1-4-39-30-13-9-6-10-25(30)26-18-23(14-16-31(26)39)36-35-29(37-27-11-7-8-12-28(27)38-36)19-24(20-32(35)40)22-15-17-33(42-5-2)34(21-22)41-3/h6-18,21,24,36-38H,4-5,19-20H2,1-3H3. The van der Waals surface area contributed by atoms with Gasteiger partial charge in [0.05, 0.1) is 31.1 Å². The van der Waals surface area contributed by atoms with Crippen LogP contribution < -0.4 is 20.1 Å². The predicted molar refractivity (Wildman–Crippen MR) is 170 cm³/mol. The SMILES string of the molecule is CCOc1ccc(C2CC(=O)C3=C(C2)Nc2ccccc2NC3c2ccc3c(c2)c2ccccc2n3CC)cc1OC. The number of fused-ring (bicyclic) bond motifs is 4. The highest BCUT2D eigenvalue weighted by Gasteiger charge is 2.36. The number of rotatable bonds is 6. The maximum Gasteiger partial charge on any atom is 0.163 e. The number of ketones is 1. The van der Waals surface area contributed by atoms with Crippen LogP contribution in [0.15, 0.2) is 96.2 Å². The summed E-state index contributed by atoms with van der Waals surface area (Å²) >= 11 is 0. The number of anilines is 2. The van der Waals surface area contributed by atoms with Gasteiger partial charge in [0.25, 0.3) is 0 Å². The lowest BCUT2D eigenvalue weighted by Crippen LogP contribution is -2.26. The van der Waals surface area contributed by atoms with Crippen LogP contribution in [0, 0.1) is 0 Å². The van der Waals surface area contributed by atoms with Crippen LogP contribution in [0.1, 0.15) is 49.8 Å². The Hall–Kier alpha value is -4.71. The Kier molecular flexibility index (Phi) is 6.62. The van der Waals surface area contributed by atoms with Crippen LogP contribution in [0.3, 0.4) is 0 Å². The number of carbonyl (C=O) groups excluding carboxylic acids is 1. The number of benzene rings is 4. The molecule has 0 saturated heterocycles. The zero-order chi connectivity index (χ0) is 28.8. The molecule has 2 aliphatic rings. The lowest BCUT2D eigenvalue weighted by atomic mass is 9.78. The molecule has 2 N–H and O–H groups in total. The molecular weight excluding hydrogens is 522 g/mol. The minimum Gasteiger partial charge on any atom is -0.493 e. The Morgan fingerprint density at radius 2 is 1.57 bits per heavy atom. The molecule has 0 spiro atoms. The average Bonchev–Trinajstić information content (AvgIpc) is 3.23. The van der Waals surface area contributed by atoms with Crippen LogP contribution in [-0.4, -0.2) is 24.1 Å². The predicted octanol–water partition coefficient (Wildman–Crippen LogP) is 8.20. The maximum absolute atomic E-state index is 14.2. The number of nitrogens with zero attached hydrogens (tertiary/aromatic N) is 1. The van der Waals surface area contributed by atoms with Gasteiger partial charge in [-0.15, -0.1) is 0 Å². The molecule has 0 radical (unpaired) electrons. The van der Waals surface area contributed by atoms with E-state index < -0.39 is 0 Å². The molecule has 1 aliphatic carbocycles. The highest BCUT2D eigenvalue weighted by molar-refractivity contribution is 6.08. The smallest absolute Gasteiger partial charge is 0.163 e. The number of aryl methyl sites for hydroxylation is 1. The second-order valence-corrected chi connectivity index (χ2v) is 11.0. The normalized spacial score (nSPS) is 18.2. The highest BCUT2D eigenvalue weighted by atomic mass is 16.5. The minimum atomic E-state index is -0.271. The fourth-order valence-electron chi connectivity index (χ4n) is 6.78. The van der Waals surface area contributed by atoms with Crippen molar-refractivity contribution in [1.29, 1.82) is 0 Å². The fourth-order valence-corrected chi connectivity index (χ4v) is 6.78. The third-order valence-electron chi connectivity index (χ3n) is 8.71. The molecule has 2 heterocycles. The van der Waals surface area contributed by atoms with Crippen LogP contribution in [0.25, 0.3) is 21.8 Å².